The predicted molar refractivity (Wildman–Crippen MR) is 188 cm³/mol. The van der Waals surface area contributed by atoms with Crippen LogP contribution in [-0.2, 0) is 14.4 Å². The van der Waals surface area contributed by atoms with E-state index in [1.165, 1.54) is 141 Å². The Morgan fingerprint density at radius 1 is 0.326 bits per heavy atom. The van der Waals surface area contributed by atoms with Crippen LogP contribution in [0, 0.1) is 5.92 Å². The molecule has 254 valence electrons. The van der Waals surface area contributed by atoms with Crippen LogP contribution < -0.4 is 0 Å². The molecule has 0 radical (unpaired) electrons. The van der Waals surface area contributed by atoms with Gasteiger partial charge in [0.05, 0.1) is 5.92 Å². The molecule has 0 N–H and O–H groups in total. The fourth-order valence-electron chi connectivity index (χ4n) is 6.29. The number of rotatable bonds is 36. The summed E-state index contributed by atoms with van der Waals surface area (Å²) in [5.41, 5.74) is 0. The summed E-state index contributed by atoms with van der Waals surface area (Å²) in [6, 6.07) is 0. The number of hydrogen-bond acceptors (Lipinski definition) is 3. The fraction of sp³-hybridized carbons (Fsp3) is 0.925. The molecule has 0 aliphatic heterocycles. The van der Waals surface area contributed by atoms with Gasteiger partial charge in [-0.1, -0.05) is 188 Å². The molecule has 0 amide bonds. The highest BCUT2D eigenvalue weighted by molar-refractivity contribution is 6.05. The Bertz CT molecular complexity index is 625. The first-order valence-corrected chi connectivity index (χ1v) is 19.6. The molecule has 1 unspecified atom stereocenters. The van der Waals surface area contributed by atoms with Gasteiger partial charge in [-0.3, -0.25) is 14.4 Å². The molecule has 0 saturated carbocycles. The maximum absolute atomic E-state index is 13.0. The molecule has 0 rings (SSSR count). The average molecular weight is 605 g/mol. The number of hydrogen-bond donors (Lipinski definition) is 0. The summed E-state index contributed by atoms with van der Waals surface area (Å²) in [5.74, 6) is -0.515. The molecule has 0 fully saturated rings. The minimum Gasteiger partial charge on any atom is -0.300 e. The summed E-state index contributed by atoms with van der Waals surface area (Å²) in [6.45, 7) is 6.63. The maximum atomic E-state index is 13.0. The van der Waals surface area contributed by atoms with Crippen LogP contribution in [-0.4, -0.2) is 17.3 Å². The lowest BCUT2D eigenvalue weighted by atomic mass is 9.87. The molecule has 0 aliphatic carbocycles. The Morgan fingerprint density at radius 3 is 0.884 bits per heavy atom. The van der Waals surface area contributed by atoms with E-state index in [2.05, 4.69) is 20.8 Å². The molecule has 3 nitrogen and oxygen atoms in total. The molecule has 0 heterocycles. The highest BCUT2D eigenvalue weighted by Crippen LogP contribution is 2.20. The van der Waals surface area contributed by atoms with E-state index in [1.54, 1.807) is 0 Å². The molecule has 0 bridgehead atoms. The van der Waals surface area contributed by atoms with Crippen molar-refractivity contribution in [2.75, 3.05) is 0 Å². The second kappa shape index (κ2) is 33.9. The van der Waals surface area contributed by atoms with Crippen molar-refractivity contribution in [3.63, 3.8) is 0 Å². The van der Waals surface area contributed by atoms with Gasteiger partial charge >= 0.3 is 0 Å². The molecular weight excluding hydrogens is 528 g/mol. The maximum Gasteiger partial charge on any atom is 0.143 e. The second-order valence-electron chi connectivity index (χ2n) is 13.7. The molecule has 43 heavy (non-hydrogen) atoms. The third kappa shape index (κ3) is 29.5. The zero-order valence-electron chi connectivity index (χ0n) is 29.6. The molecular formula is C40H76O3. The van der Waals surface area contributed by atoms with Gasteiger partial charge in [-0.15, -0.1) is 0 Å². The van der Waals surface area contributed by atoms with Gasteiger partial charge in [-0.05, 0) is 19.3 Å². The van der Waals surface area contributed by atoms with E-state index < -0.39 is 5.92 Å². The summed E-state index contributed by atoms with van der Waals surface area (Å²) in [7, 11) is 0. The van der Waals surface area contributed by atoms with Crippen LogP contribution in [0.1, 0.15) is 233 Å². The number of carbonyl (C=O) groups is 3. The van der Waals surface area contributed by atoms with Crippen molar-refractivity contribution < 1.29 is 14.4 Å². The third-order valence-electron chi connectivity index (χ3n) is 9.32. The molecule has 3 heteroatoms. The summed E-state index contributed by atoms with van der Waals surface area (Å²) in [4.78, 5) is 38.6. The van der Waals surface area contributed by atoms with E-state index >= 15 is 0 Å². The first-order valence-electron chi connectivity index (χ1n) is 19.6. The fourth-order valence-corrected chi connectivity index (χ4v) is 6.29. The van der Waals surface area contributed by atoms with E-state index in [1.807, 2.05) is 0 Å². The Kier molecular flexibility index (Phi) is 33.1. The SMILES string of the molecule is CCCCCCCCCCCCCCCCCCCCCC(=O)C(CC(=O)CCCCCCCCC)C(=O)CCCCC. The summed E-state index contributed by atoms with van der Waals surface area (Å²) >= 11 is 0. The van der Waals surface area contributed by atoms with Crippen molar-refractivity contribution >= 4 is 17.3 Å². The Morgan fingerprint density at radius 2 is 0.558 bits per heavy atom. The molecule has 0 aromatic rings. The van der Waals surface area contributed by atoms with Gasteiger partial charge in [0, 0.05) is 25.7 Å². The number of carbonyl (C=O) groups excluding carboxylic acids is 3. The van der Waals surface area contributed by atoms with E-state index in [4.69, 9.17) is 0 Å². The molecule has 0 aromatic carbocycles. The van der Waals surface area contributed by atoms with Gasteiger partial charge in [0.25, 0.3) is 0 Å². The lowest BCUT2D eigenvalue weighted by molar-refractivity contribution is -0.136. The van der Waals surface area contributed by atoms with Gasteiger partial charge in [0.1, 0.15) is 17.3 Å². The Balaban J connectivity index is 3.93. The van der Waals surface area contributed by atoms with Gasteiger partial charge in [0.2, 0.25) is 0 Å². The van der Waals surface area contributed by atoms with E-state index in [0.29, 0.717) is 19.3 Å². The van der Waals surface area contributed by atoms with Crippen LogP contribution >= 0.6 is 0 Å². The lowest BCUT2D eigenvalue weighted by Gasteiger charge is -2.14. The number of Topliss-reactive ketones (excluding diaryl/α,β-unsaturated/α-hetero) is 3. The highest BCUT2D eigenvalue weighted by atomic mass is 16.2. The average Bonchev–Trinajstić information content (AvgIpc) is 3.00. The first kappa shape index (κ1) is 42.0. The highest BCUT2D eigenvalue weighted by Gasteiger charge is 2.27. The van der Waals surface area contributed by atoms with Gasteiger partial charge in [-0.25, -0.2) is 0 Å². The zero-order chi connectivity index (χ0) is 31.6. The van der Waals surface area contributed by atoms with Crippen molar-refractivity contribution in [1.29, 1.82) is 0 Å². The summed E-state index contributed by atoms with van der Waals surface area (Å²) in [6.07, 6.45) is 38.1. The van der Waals surface area contributed by atoms with Gasteiger partial charge in [-0.2, -0.15) is 0 Å². The van der Waals surface area contributed by atoms with Crippen LogP contribution in [0.5, 0.6) is 0 Å². The first-order chi connectivity index (χ1) is 21.1. The van der Waals surface area contributed by atoms with Crippen molar-refractivity contribution in [2.24, 2.45) is 5.92 Å². The van der Waals surface area contributed by atoms with Gasteiger partial charge in [0.15, 0.2) is 0 Å². The van der Waals surface area contributed by atoms with Crippen LogP contribution in [0.3, 0.4) is 0 Å². The molecule has 1 atom stereocenters. The zero-order valence-corrected chi connectivity index (χ0v) is 29.6. The van der Waals surface area contributed by atoms with E-state index in [-0.39, 0.29) is 23.8 Å². The van der Waals surface area contributed by atoms with Crippen molar-refractivity contribution in [2.45, 2.75) is 233 Å². The number of ketones is 3. The monoisotopic (exact) mass is 605 g/mol. The summed E-state index contributed by atoms with van der Waals surface area (Å²) < 4.78 is 0. The van der Waals surface area contributed by atoms with Crippen LogP contribution in [0.25, 0.3) is 0 Å². The predicted octanol–water partition coefficient (Wildman–Crippen LogP) is 13.2. The number of unbranched alkanes of at least 4 members (excludes halogenated alkanes) is 26. The van der Waals surface area contributed by atoms with Crippen molar-refractivity contribution in [1.82, 2.24) is 0 Å². The largest absolute Gasteiger partial charge is 0.300 e. The third-order valence-corrected chi connectivity index (χ3v) is 9.32. The molecule has 0 aromatic heterocycles. The quantitative estimate of drug-likeness (QED) is 0.0528. The topological polar surface area (TPSA) is 51.2 Å². The lowest BCUT2D eigenvalue weighted by Crippen LogP contribution is -2.27. The van der Waals surface area contributed by atoms with E-state index in [9.17, 15) is 14.4 Å². The van der Waals surface area contributed by atoms with Crippen molar-refractivity contribution in [3.8, 4) is 0 Å². The van der Waals surface area contributed by atoms with E-state index in [0.717, 1.165) is 44.9 Å². The molecule has 0 saturated heterocycles. The molecule has 0 spiro atoms. The Labute approximate surface area is 269 Å². The van der Waals surface area contributed by atoms with Crippen LogP contribution in [0.4, 0.5) is 0 Å². The standard InChI is InChI=1S/C40H76O3/c1-4-7-10-12-14-15-16-17-18-19-20-21-22-23-24-25-27-29-32-35-40(43)38(39(42)34-30-9-6-3)36-37(41)33-31-28-26-13-11-8-5-2/h38H,4-36H2,1-3H3. The minimum atomic E-state index is -0.676. The normalized spacial score (nSPS) is 12.1. The Hall–Kier alpha value is -0.990. The minimum absolute atomic E-state index is 0.0178. The second-order valence-corrected chi connectivity index (χ2v) is 13.7. The van der Waals surface area contributed by atoms with Crippen molar-refractivity contribution in [3.05, 3.63) is 0 Å². The van der Waals surface area contributed by atoms with Crippen LogP contribution in [0.15, 0.2) is 0 Å². The van der Waals surface area contributed by atoms with Crippen LogP contribution in [0.2, 0.25) is 0 Å². The summed E-state index contributed by atoms with van der Waals surface area (Å²) in [5, 5.41) is 0. The molecule has 0 aliphatic rings. The van der Waals surface area contributed by atoms with Gasteiger partial charge < -0.3 is 0 Å². The smallest absolute Gasteiger partial charge is 0.143 e.